The number of rotatable bonds is 6. The lowest BCUT2D eigenvalue weighted by atomic mass is 10.3. The minimum absolute atomic E-state index is 0.0374. The summed E-state index contributed by atoms with van der Waals surface area (Å²) in [5.74, 6) is -5.21. The number of hydrogen-bond acceptors (Lipinski definition) is 4. The van der Waals surface area contributed by atoms with Gasteiger partial charge < -0.3 is 4.74 Å². The van der Waals surface area contributed by atoms with Crippen molar-refractivity contribution in [1.29, 1.82) is 0 Å². The average Bonchev–Trinajstić information content (AvgIpc) is 2.34. The average molecular weight is 325 g/mol. The van der Waals surface area contributed by atoms with Gasteiger partial charge in [0.1, 0.15) is 24.0 Å². The Bertz CT molecular complexity index is 610. The molecule has 0 spiro atoms. The quantitative estimate of drug-likeness (QED) is 0.747. The number of halogens is 3. The molecule has 0 N–H and O–H groups in total. The molecule has 0 aliphatic rings. The molecule has 0 aromatic heterocycles. The standard InChI is InChI=1S/C12H14F3NO4S/c1-3-16(7-11(17)20-4-2)21(18,19)12-9(14)5-8(13)6-10(12)15/h5-6H,3-4,7H2,1-2H3. The van der Waals surface area contributed by atoms with Crippen LogP contribution in [0, 0.1) is 17.5 Å². The van der Waals surface area contributed by atoms with Gasteiger partial charge >= 0.3 is 5.97 Å². The Labute approximate surface area is 120 Å². The molecule has 21 heavy (non-hydrogen) atoms. The maximum atomic E-state index is 13.6. The first-order valence-corrected chi connectivity index (χ1v) is 7.48. The van der Waals surface area contributed by atoms with Gasteiger partial charge in [-0.3, -0.25) is 4.79 Å². The van der Waals surface area contributed by atoms with E-state index in [9.17, 15) is 26.4 Å². The molecule has 5 nitrogen and oxygen atoms in total. The maximum Gasteiger partial charge on any atom is 0.321 e. The first-order chi connectivity index (χ1) is 9.73. The second kappa shape index (κ2) is 6.90. The highest BCUT2D eigenvalue weighted by Gasteiger charge is 2.32. The summed E-state index contributed by atoms with van der Waals surface area (Å²) in [5, 5.41) is 0. The van der Waals surface area contributed by atoms with E-state index in [4.69, 9.17) is 0 Å². The Morgan fingerprint density at radius 3 is 2.14 bits per heavy atom. The first-order valence-electron chi connectivity index (χ1n) is 6.04. The SMILES string of the molecule is CCOC(=O)CN(CC)S(=O)(=O)c1c(F)cc(F)cc1F. The molecule has 1 aromatic carbocycles. The summed E-state index contributed by atoms with van der Waals surface area (Å²) in [5.41, 5.74) is 0. The number of sulfonamides is 1. The lowest BCUT2D eigenvalue weighted by Gasteiger charge is -2.20. The van der Waals surface area contributed by atoms with E-state index in [2.05, 4.69) is 4.74 Å². The predicted molar refractivity (Wildman–Crippen MR) is 67.4 cm³/mol. The molecule has 9 heteroatoms. The normalized spacial score (nSPS) is 11.7. The molecule has 0 heterocycles. The van der Waals surface area contributed by atoms with E-state index in [1.165, 1.54) is 13.8 Å². The third-order valence-corrected chi connectivity index (χ3v) is 4.50. The van der Waals surface area contributed by atoms with Crippen LogP contribution in [-0.4, -0.2) is 38.4 Å². The van der Waals surface area contributed by atoms with Crippen LogP contribution in [0.1, 0.15) is 13.8 Å². The fourth-order valence-electron chi connectivity index (χ4n) is 1.62. The summed E-state index contributed by atoms with van der Waals surface area (Å²) >= 11 is 0. The molecule has 0 amide bonds. The van der Waals surface area contributed by atoms with Crippen molar-refractivity contribution in [3.63, 3.8) is 0 Å². The number of hydrogen-bond donors (Lipinski definition) is 0. The van der Waals surface area contributed by atoms with E-state index in [-0.39, 0.29) is 25.3 Å². The van der Waals surface area contributed by atoms with Crippen LogP contribution in [0.3, 0.4) is 0 Å². The summed E-state index contributed by atoms with van der Waals surface area (Å²) in [7, 11) is -4.63. The minimum Gasteiger partial charge on any atom is -0.465 e. The summed E-state index contributed by atoms with van der Waals surface area (Å²) < 4.78 is 69.5. The molecule has 0 saturated carbocycles. The zero-order chi connectivity index (χ0) is 16.2. The van der Waals surface area contributed by atoms with Gasteiger partial charge in [-0.05, 0) is 6.92 Å². The van der Waals surface area contributed by atoms with Gasteiger partial charge in [0.15, 0.2) is 4.90 Å². The fraction of sp³-hybridized carbons (Fsp3) is 0.417. The van der Waals surface area contributed by atoms with Crippen LogP contribution in [0.15, 0.2) is 17.0 Å². The van der Waals surface area contributed by atoms with Crippen molar-refractivity contribution in [2.24, 2.45) is 0 Å². The topological polar surface area (TPSA) is 63.7 Å². The second-order valence-electron chi connectivity index (χ2n) is 3.93. The number of carbonyl (C=O) groups is 1. The van der Waals surface area contributed by atoms with Crippen molar-refractivity contribution in [2.45, 2.75) is 18.7 Å². The number of esters is 1. The van der Waals surface area contributed by atoms with Gasteiger partial charge in [-0.15, -0.1) is 0 Å². The number of nitrogens with zero attached hydrogens (tertiary/aromatic N) is 1. The molecule has 0 atom stereocenters. The largest absolute Gasteiger partial charge is 0.465 e. The Morgan fingerprint density at radius 2 is 1.71 bits per heavy atom. The van der Waals surface area contributed by atoms with Crippen molar-refractivity contribution < 1.29 is 31.1 Å². The lowest BCUT2D eigenvalue weighted by molar-refractivity contribution is -0.143. The monoisotopic (exact) mass is 325 g/mol. The molecule has 118 valence electrons. The van der Waals surface area contributed by atoms with Crippen LogP contribution in [0.5, 0.6) is 0 Å². The van der Waals surface area contributed by atoms with E-state index < -0.39 is 44.9 Å². The number of likely N-dealkylation sites (N-methyl/N-ethyl adjacent to an activating group) is 1. The molecule has 1 aromatic rings. The van der Waals surface area contributed by atoms with Gasteiger partial charge in [-0.1, -0.05) is 6.92 Å². The Hall–Kier alpha value is -1.61. The summed E-state index contributed by atoms with van der Waals surface area (Å²) in [6.07, 6.45) is 0. The van der Waals surface area contributed by atoms with Crippen LogP contribution < -0.4 is 0 Å². The molecule has 1 rings (SSSR count). The minimum atomic E-state index is -4.63. The second-order valence-corrected chi connectivity index (χ2v) is 5.81. The Balaban J connectivity index is 3.23. The molecular formula is C12H14F3NO4S. The van der Waals surface area contributed by atoms with Crippen molar-refractivity contribution >= 4 is 16.0 Å². The molecule has 0 aliphatic carbocycles. The summed E-state index contributed by atoms with van der Waals surface area (Å²) in [6.45, 7) is 2.05. The van der Waals surface area contributed by atoms with Gasteiger partial charge in [0.25, 0.3) is 0 Å². The molecule has 0 radical (unpaired) electrons. The zero-order valence-corrected chi connectivity index (χ0v) is 12.2. The molecule has 0 fully saturated rings. The van der Waals surface area contributed by atoms with Gasteiger partial charge in [-0.2, -0.15) is 4.31 Å². The fourth-order valence-corrected chi connectivity index (χ4v) is 3.11. The van der Waals surface area contributed by atoms with Gasteiger partial charge in [0.05, 0.1) is 6.61 Å². The highest BCUT2D eigenvalue weighted by Crippen LogP contribution is 2.23. The predicted octanol–water partition coefficient (Wildman–Crippen LogP) is 1.68. The maximum absolute atomic E-state index is 13.6. The number of carbonyl (C=O) groups excluding carboxylic acids is 1. The molecule has 0 bridgehead atoms. The number of ether oxygens (including phenoxy) is 1. The highest BCUT2D eigenvalue weighted by molar-refractivity contribution is 7.89. The van der Waals surface area contributed by atoms with Gasteiger partial charge in [0, 0.05) is 18.7 Å². The number of benzene rings is 1. The van der Waals surface area contributed by atoms with Crippen LogP contribution in [0.2, 0.25) is 0 Å². The summed E-state index contributed by atoms with van der Waals surface area (Å²) in [4.78, 5) is 10.0. The van der Waals surface area contributed by atoms with Gasteiger partial charge in [0.2, 0.25) is 10.0 Å². The van der Waals surface area contributed by atoms with Crippen molar-refractivity contribution in [2.75, 3.05) is 19.7 Å². The van der Waals surface area contributed by atoms with E-state index in [1.807, 2.05) is 0 Å². The van der Waals surface area contributed by atoms with Crippen LogP contribution >= 0.6 is 0 Å². The third kappa shape index (κ3) is 3.94. The van der Waals surface area contributed by atoms with Crippen molar-refractivity contribution in [1.82, 2.24) is 4.31 Å². The highest BCUT2D eigenvalue weighted by atomic mass is 32.2. The van der Waals surface area contributed by atoms with E-state index in [0.29, 0.717) is 4.31 Å². The first kappa shape index (κ1) is 17.4. The van der Waals surface area contributed by atoms with Gasteiger partial charge in [-0.25, -0.2) is 21.6 Å². The third-order valence-electron chi connectivity index (χ3n) is 2.52. The van der Waals surface area contributed by atoms with Crippen LogP contribution in [-0.2, 0) is 19.6 Å². The zero-order valence-electron chi connectivity index (χ0n) is 11.4. The summed E-state index contributed by atoms with van der Waals surface area (Å²) in [6, 6.07) is 0.516. The van der Waals surface area contributed by atoms with E-state index in [1.54, 1.807) is 0 Å². The Kier molecular flexibility index (Phi) is 5.73. The van der Waals surface area contributed by atoms with E-state index in [0.717, 1.165) is 0 Å². The van der Waals surface area contributed by atoms with Crippen molar-refractivity contribution in [3.8, 4) is 0 Å². The Morgan fingerprint density at radius 1 is 1.19 bits per heavy atom. The molecule has 0 unspecified atom stereocenters. The molecule has 0 saturated heterocycles. The van der Waals surface area contributed by atoms with Crippen molar-refractivity contribution in [3.05, 3.63) is 29.6 Å². The smallest absolute Gasteiger partial charge is 0.321 e. The molecule has 0 aliphatic heterocycles. The van der Waals surface area contributed by atoms with E-state index >= 15 is 0 Å². The van der Waals surface area contributed by atoms with Crippen LogP contribution in [0.4, 0.5) is 13.2 Å². The lowest BCUT2D eigenvalue weighted by Crippen LogP contribution is -2.37. The van der Waals surface area contributed by atoms with Crippen LogP contribution in [0.25, 0.3) is 0 Å². The molecular weight excluding hydrogens is 311 g/mol.